The number of guanidine groups is 1. The second-order valence-electron chi connectivity index (χ2n) is 6.20. The lowest BCUT2D eigenvalue weighted by atomic mass is 9.92. The van der Waals surface area contributed by atoms with E-state index in [1.165, 1.54) is 10.3 Å². The average Bonchev–Trinajstić information content (AvgIpc) is 3.11. The summed E-state index contributed by atoms with van der Waals surface area (Å²) in [4.78, 5) is 18.4. The molecular weight excluding hydrogens is 300 g/mol. The number of likely N-dealkylation sites (N-methyl/N-ethyl adjacent to an activating group) is 1. The first-order valence-corrected chi connectivity index (χ1v) is 7.81. The zero-order valence-electron chi connectivity index (χ0n) is 13.6. The maximum absolute atomic E-state index is 12.6. The Labute approximate surface area is 140 Å². The summed E-state index contributed by atoms with van der Waals surface area (Å²) in [7, 11) is 1.65. The molecule has 0 aliphatic carbocycles. The van der Waals surface area contributed by atoms with Gasteiger partial charge in [0.2, 0.25) is 0 Å². The van der Waals surface area contributed by atoms with E-state index in [4.69, 9.17) is 5.73 Å². The standard InChI is InChI=1S/C19H18N4O/c1-19(17(24)22(2)18(20)21-19)14-7-5-8-15(12-14)23-11-10-13-6-3-4-9-16(13)23/h3-12H,1-2H3,(H2,20,21)/t19-/m0/s1. The highest BCUT2D eigenvalue weighted by Gasteiger charge is 2.43. The Hall–Kier alpha value is -3.08. The van der Waals surface area contributed by atoms with E-state index in [1.807, 2.05) is 42.6 Å². The third-order valence-corrected chi connectivity index (χ3v) is 4.69. The van der Waals surface area contributed by atoms with Crippen molar-refractivity contribution in [2.24, 2.45) is 10.7 Å². The lowest BCUT2D eigenvalue weighted by Gasteiger charge is -2.21. The van der Waals surface area contributed by atoms with Gasteiger partial charge in [-0.3, -0.25) is 9.69 Å². The number of rotatable bonds is 2. The van der Waals surface area contributed by atoms with Gasteiger partial charge in [-0.2, -0.15) is 0 Å². The van der Waals surface area contributed by atoms with Crippen LogP contribution in [0.5, 0.6) is 0 Å². The summed E-state index contributed by atoms with van der Waals surface area (Å²) < 4.78 is 2.11. The second-order valence-corrected chi connectivity index (χ2v) is 6.20. The maximum Gasteiger partial charge on any atom is 0.261 e. The molecule has 4 rings (SSSR count). The van der Waals surface area contributed by atoms with Crippen LogP contribution in [0.2, 0.25) is 0 Å². The molecule has 0 saturated heterocycles. The first kappa shape index (κ1) is 14.5. The summed E-state index contributed by atoms with van der Waals surface area (Å²) >= 11 is 0. The predicted octanol–water partition coefficient (Wildman–Crippen LogP) is 2.63. The second kappa shape index (κ2) is 4.96. The number of aromatic nitrogens is 1. The molecule has 0 saturated carbocycles. The van der Waals surface area contributed by atoms with Gasteiger partial charge < -0.3 is 10.3 Å². The number of hydrogen-bond acceptors (Lipinski definition) is 3. The molecule has 0 bridgehead atoms. The van der Waals surface area contributed by atoms with Gasteiger partial charge in [0.1, 0.15) is 0 Å². The molecule has 1 amide bonds. The Balaban J connectivity index is 1.85. The van der Waals surface area contributed by atoms with Crippen LogP contribution in [0.15, 0.2) is 65.8 Å². The monoisotopic (exact) mass is 318 g/mol. The molecule has 3 aromatic rings. The third kappa shape index (κ3) is 1.94. The molecule has 0 fully saturated rings. The van der Waals surface area contributed by atoms with Crippen LogP contribution >= 0.6 is 0 Å². The van der Waals surface area contributed by atoms with Crippen molar-refractivity contribution >= 4 is 22.8 Å². The van der Waals surface area contributed by atoms with Gasteiger partial charge in [0.25, 0.3) is 5.91 Å². The van der Waals surface area contributed by atoms with Crippen LogP contribution < -0.4 is 5.73 Å². The molecule has 1 aromatic heterocycles. The summed E-state index contributed by atoms with van der Waals surface area (Å²) in [5.74, 6) is 0.133. The number of nitrogens with zero attached hydrogens (tertiary/aromatic N) is 3. The summed E-state index contributed by atoms with van der Waals surface area (Å²) in [5, 5.41) is 1.17. The lowest BCUT2D eigenvalue weighted by Crippen LogP contribution is -2.38. The van der Waals surface area contributed by atoms with Crippen LogP contribution in [0.4, 0.5) is 0 Å². The number of aliphatic imine (C=N–C) groups is 1. The Morgan fingerprint density at radius 1 is 1.08 bits per heavy atom. The van der Waals surface area contributed by atoms with Gasteiger partial charge >= 0.3 is 0 Å². The summed E-state index contributed by atoms with van der Waals surface area (Å²) in [6, 6.07) is 18.2. The zero-order chi connectivity index (χ0) is 16.9. The molecular formula is C19H18N4O. The Morgan fingerprint density at radius 3 is 2.62 bits per heavy atom. The number of carbonyl (C=O) groups is 1. The largest absolute Gasteiger partial charge is 0.369 e. The SMILES string of the molecule is CN1C(=O)[C@](C)(c2cccc(-n3ccc4ccccc43)c2)N=C1N. The van der Waals surface area contributed by atoms with Crippen molar-refractivity contribution in [2.75, 3.05) is 7.05 Å². The van der Waals surface area contributed by atoms with E-state index in [9.17, 15) is 4.79 Å². The van der Waals surface area contributed by atoms with Crippen LogP contribution in [0.3, 0.4) is 0 Å². The van der Waals surface area contributed by atoms with Gasteiger partial charge in [-0.1, -0.05) is 30.3 Å². The summed E-state index contributed by atoms with van der Waals surface area (Å²) in [5.41, 5.74) is 7.81. The number of amides is 1. The molecule has 5 heteroatoms. The van der Waals surface area contributed by atoms with Crippen molar-refractivity contribution in [3.8, 4) is 5.69 Å². The van der Waals surface area contributed by atoms with Crippen LogP contribution in [-0.2, 0) is 10.3 Å². The Bertz CT molecular complexity index is 988. The maximum atomic E-state index is 12.6. The number of fused-ring (bicyclic) bond motifs is 1. The number of carbonyl (C=O) groups excluding carboxylic acids is 1. The minimum atomic E-state index is -0.974. The van der Waals surface area contributed by atoms with Crippen molar-refractivity contribution in [2.45, 2.75) is 12.5 Å². The van der Waals surface area contributed by atoms with Gasteiger partial charge in [0.05, 0.1) is 5.52 Å². The third-order valence-electron chi connectivity index (χ3n) is 4.69. The molecule has 0 unspecified atom stereocenters. The van der Waals surface area contributed by atoms with Crippen LogP contribution in [0, 0.1) is 0 Å². The number of para-hydroxylation sites is 1. The van der Waals surface area contributed by atoms with Crippen molar-refractivity contribution in [1.82, 2.24) is 9.47 Å². The van der Waals surface area contributed by atoms with E-state index in [1.54, 1.807) is 14.0 Å². The number of nitrogens with two attached hydrogens (primary N) is 1. The highest BCUT2D eigenvalue weighted by atomic mass is 16.2. The summed E-state index contributed by atoms with van der Waals surface area (Å²) in [6.07, 6.45) is 2.03. The fourth-order valence-electron chi connectivity index (χ4n) is 3.24. The molecule has 1 aliphatic heterocycles. The smallest absolute Gasteiger partial charge is 0.261 e. The Kier molecular flexibility index (Phi) is 3.00. The predicted molar refractivity (Wildman–Crippen MR) is 95.0 cm³/mol. The van der Waals surface area contributed by atoms with E-state index < -0.39 is 5.54 Å². The molecule has 24 heavy (non-hydrogen) atoms. The van der Waals surface area contributed by atoms with E-state index >= 15 is 0 Å². The van der Waals surface area contributed by atoms with E-state index in [0.29, 0.717) is 0 Å². The molecule has 5 nitrogen and oxygen atoms in total. The molecule has 0 spiro atoms. The van der Waals surface area contributed by atoms with Crippen LogP contribution in [0.25, 0.3) is 16.6 Å². The van der Waals surface area contributed by atoms with Crippen LogP contribution in [-0.4, -0.2) is 28.4 Å². The summed E-state index contributed by atoms with van der Waals surface area (Å²) in [6.45, 7) is 1.80. The van der Waals surface area contributed by atoms with E-state index in [0.717, 1.165) is 16.8 Å². The van der Waals surface area contributed by atoms with E-state index in [2.05, 4.69) is 27.8 Å². The quantitative estimate of drug-likeness (QED) is 0.789. The first-order valence-electron chi connectivity index (χ1n) is 7.81. The van der Waals surface area contributed by atoms with Gasteiger partial charge in [-0.05, 0) is 42.1 Å². The normalized spacial score (nSPS) is 20.7. The first-order chi connectivity index (χ1) is 11.5. The fourth-order valence-corrected chi connectivity index (χ4v) is 3.24. The minimum Gasteiger partial charge on any atom is -0.369 e. The topological polar surface area (TPSA) is 63.6 Å². The molecule has 1 atom stereocenters. The number of benzene rings is 2. The number of hydrogen-bond donors (Lipinski definition) is 1. The Morgan fingerprint density at radius 2 is 1.88 bits per heavy atom. The minimum absolute atomic E-state index is 0.116. The average molecular weight is 318 g/mol. The molecule has 120 valence electrons. The van der Waals surface area contributed by atoms with Crippen LogP contribution in [0.1, 0.15) is 12.5 Å². The van der Waals surface area contributed by atoms with Gasteiger partial charge in [0, 0.05) is 18.9 Å². The van der Waals surface area contributed by atoms with Crippen molar-refractivity contribution < 1.29 is 4.79 Å². The van der Waals surface area contributed by atoms with Gasteiger partial charge in [0.15, 0.2) is 11.5 Å². The molecule has 2 N–H and O–H groups in total. The van der Waals surface area contributed by atoms with Crippen molar-refractivity contribution in [1.29, 1.82) is 0 Å². The van der Waals surface area contributed by atoms with Crippen molar-refractivity contribution in [3.05, 3.63) is 66.4 Å². The van der Waals surface area contributed by atoms with Gasteiger partial charge in [-0.15, -0.1) is 0 Å². The highest BCUT2D eigenvalue weighted by molar-refractivity contribution is 6.06. The lowest BCUT2D eigenvalue weighted by molar-refractivity contribution is -0.130. The molecule has 1 aliphatic rings. The molecule has 0 radical (unpaired) electrons. The van der Waals surface area contributed by atoms with Crippen molar-refractivity contribution in [3.63, 3.8) is 0 Å². The van der Waals surface area contributed by atoms with E-state index in [-0.39, 0.29) is 11.9 Å². The molecule has 2 aromatic carbocycles. The fraction of sp³-hybridized carbons (Fsp3) is 0.158. The highest BCUT2D eigenvalue weighted by Crippen LogP contribution is 2.33. The van der Waals surface area contributed by atoms with Gasteiger partial charge in [-0.25, -0.2) is 4.99 Å². The molecule has 2 heterocycles. The zero-order valence-corrected chi connectivity index (χ0v) is 13.6.